The number of ether oxygens (including phenoxy) is 1. The van der Waals surface area contributed by atoms with Gasteiger partial charge in [-0.1, -0.05) is 37.6 Å². The van der Waals surface area contributed by atoms with E-state index in [-0.39, 0.29) is 24.1 Å². The van der Waals surface area contributed by atoms with Crippen molar-refractivity contribution in [3.8, 4) is 5.75 Å². The highest BCUT2D eigenvalue weighted by Crippen LogP contribution is 2.33. The molecule has 0 amide bonds. The summed E-state index contributed by atoms with van der Waals surface area (Å²) in [4.78, 5) is 20.2. The number of rotatable bonds is 10. The second-order valence-electron chi connectivity index (χ2n) is 9.61. The molecule has 0 aliphatic carbocycles. The van der Waals surface area contributed by atoms with Crippen LogP contribution >= 0.6 is 11.6 Å². The maximum atomic E-state index is 13.0. The van der Waals surface area contributed by atoms with E-state index in [1.165, 1.54) is 10.6 Å². The standard InChI is InChI=1S/C28H31ClN4O4S/c1-18(2)16-33(38(4,35)36)23-10-7-9-21(15-23)31-19(3)24-14-20-11-12-25(26(29)27(20)32-28(24)34)37-17-22-8-5-6-13-30-22/h5-15,18-19,31H,16-17H2,1-4H3,(H,32,34)/t19-/m0/s1. The highest BCUT2D eigenvalue weighted by atomic mass is 35.5. The molecule has 38 heavy (non-hydrogen) atoms. The summed E-state index contributed by atoms with van der Waals surface area (Å²) < 4.78 is 32.0. The third kappa shape index (κ3) is 6.46. The second-order valence-corrected chi connectivity index (χ2v) is 11.9. The number of halogens is 1. The van der Waals surface area contributed by atoms with Crippen molar-refractivity contribution in [3.63, 3.8) is 0 Å². The van der Waals surface area contributed by atoms with Gasteiger partial charge in [0.1, 0.15) is 17.4 Å². The van der Waals surface area contributed by atoms with E-state index < -0.39 is 10.0 Å². The maximum absolute atomic E-state index is 13.0. The number of anilines is 2. The van der Waals surface area contributed by atoms with Crippen LogP contribution < -0.4 is 19.9 Å². The van der Waals surface area contributed by atoms with Gasteiger partial charge >= 0.3 is 0 Å². The molecule has 2 aromatic heterocycles. The van der Waals surface area contributed by atoms with Gasteiger partial charge < -0.3 is 15.0 Å². The number of hydrogen-bond donors (Lipinski definition) is 2. The van der Waals surface area contributed by atoms with Gasteiger partial charge in [0.25, 0.3) is 5.56 Å². The average Bonchev–Trinajstić information content (AvgIpc) is 2.87. The minimum atomic E-state index is -3.44. The lowest BCUT2D eigenvalue weighted by Crippen LogP contribution is -2.33. The molecule has 0 aliphatic rings. The molecule has 10 heteroatoms. The van der Waals surface area contributed by atoms with Crippen LogP contribution in [0.1, 0.15) is 38.1 Å². The Bertz CT molecular complexity index is 1590. The maximum Gasteiger partial charge on any atom is 0.253 e. The van der Waals surface area contributed by atoms with Crippen LogP contribution in [0.2, 0.25) is 5.02 Å². The topological polar surface area (TPSA) is 104 Å². The van der Waals surface area contributed by atoms with Gasteiger partial charge in [0, 0.05) is 29.4 Å². The van der Waals surface area contributed by atoms with Gasteiger partial charge in [-0.25, -0.2) is 8.42 Å². The molecule has 0 aliphatic heterocycles. The summed E-state index contributed by atoms with van der Waals surface area (Å²) in [5.41, 5.74) is 2.75. The van der Waals surface area contributed by atoms with Crippen LogP contribution in [0.15, 0.2) is 71.7 Å². The summed E-state index contributed by atoms with van der Waals surface area (Å²) >= 11 is 6.58. The first-order valence-corrected chi connectivity index (χ1v) is 14.5. The second kappa shape index (κ2) is 11.4. The number of H-pyrrole nitrogens is 1. The van der Waals surface area contributed by atoms with Crippen molar-refractivity contribution >= 4 is 43.9 Å². The van der Waals surface area contributed by atoms with Crippen molar-refractivity contribution in [2.45, 2.75) is 33.4 Å². The van der Waals surface area contributed by atoms with Gasteiger partial charge in [-0.3, -0.25) is 14.1 Å². The lowest BCUT2D eigenvalue weighted by atomic mass is 10.1. The molecule has 4 aromatic rings. The van der Waals surface area contributed by atoms with Gasteiger partial charge in [-0.05, 0) is 61.4 Å². The summed E-state index contributed by atoms with van der Waals surface area (Å²) in [7, 11) is -3.44. The molecule has 0 saturated carbocycles. The number of hydrogen-bond acceptors (Lipinski definition) is 6. The summed E-state index contributed by atoms with van der Waals surface area (Å²) in [5.74, 6) is 0.609. The molecule has 0 radical (unpaired) electrons. The largest absolute Gasteiger partial charge is 0.486 e. The van der Waals surface area contributed by atoms with Crippen LogP contribution in [0.4, 0.5) is 11.4 Å². The van der Waals surface area contributed by atoms with E-state index in [0.29, 0.717) is 39.8 Å². The Morgan fingerprint density at radius 2 is 1.87 bits per heavy atom. The molecule has 0 fully saturated rings. The number of nitrogens with one attached hydrogen (secondary N) is 2. The zero-order chi connectivity index (χ0) is 27.4. The highest BCUT2D eigenvalue weighted by molar-refractivity contribution is 7.92. The van der Waals surface area contributed by atoms with Crippen LogP contribution in [0.5, 0.6) is 5.75 Å². The van der Waals surface area contributed by atoms with Crippen LogP contribution in [0.25, 0.3) is 10.9 Å². The lowest BCUT2D eigenvalue weighted by Gasteiger charge is -2.25. The van der Waals surface area contributed by atoms with Crippen LogP contribution in [0, 0.1) is 5.92 Å². The Balaban J connectivity index is 1.57. The number of sulfonamides is 1. The first-order chi connectivity index (χ1) is 18.0. The van der Waals surface area contributed by atoms with Gasteiger partial charge in [-0.15, -0.1) is 0 Å². The van der Waals surface area contributed by atoms with Gasteiger partial charge in [0.05, 0.1) is 29.2 Å². The first kappa shape index (κ1) is 27.5. The SMILES string of the molecule is CC(C)CN(c1cccc(N[C@@H](C)c2cc3ccc(OCc4ccccn4)c(Cl)c3[nH]c2=O)c1)S(C)(=O)=O. The van der Waals surface area contributed by atoms with Crippen molar-refractivity contribution in [2.24, 2.45) is 5.92 Å². The number of fused-ring (bicyclic) bond motifs is 1. The summed E-state index contributed by atoms with van der Waals surface area (Å²) in [6.45, 7) is 6.43. The minimum Gasteiger partial charge on any atom is -0.486 e. The molecule has 4 rings (SSSR count). The fraction of sp³-hybridized carbons (Fsp3) is 0.286. The predicted octanol–water partition coefficient (Wildman–Crippen LogP) is 5.75. The summed E-state index contributed by atoms with van der Waals surface area (Å²) in [6, 6.07) is 17.8. The van der Waals surface area contributed by atoms with E-state index in [1.807, 2.05) is 51.1 Å². The van der Waals surface area contributed by atoms with Crippen molar-refractivity contribution < 1.29 is 13.2 Å². The van der Waals surface area contributed by atoms with Crippen LogP contribution in [0.3, 0.4) is 0 Å². The molecule has 0 saturated heterocycles. The van der Waals surface area contributed by atoms with E-state index in [2.05, 4.69) is 15.3 Å². The van der Waals surface area contributed by atoms with Crippen molar-refractivity contribution in [2.75, 3.05) is 22.4 Å². The van der Waals surface area contributed by atoms with Gasteiger partial charge in [0.2, 0.25) is 10.0 Å². The Morgan fingerprint density at radius 3 is 2.55 bits per heavy atom. The molecular formula is C28H31ClN4O4S. The van der Waals surface area contributed by atoms with E-state index in [1.54, 1.807) is 36.5 Å². The van der Waals surface area contributed by atoms with Gasteiger partial charge in [0.15, 0.2) is 0 Å². The monoisotopic (exact) mass is 554 g/mol. The molecule has 2 heterocycles. The highest BCUT2D eigenvalue weighted by Gasteiger charge is 2.20. The number of aromatic amines is 1. The van der Waals surface area contributed by atoms with E-state index in [9.17, 15) is 13.2 Å². The first-order valence-electron chi connectivity index (χ1n) is 12.3. The van der Waals surface area contributed by atoms with Crippen molar-refractivity contribution in [1.29, 1.82) is 0 Å². The Hall–Kier alpha value is -3.56. The van der Waals surface area contributed by atoms with Crippen LogP contribution in [-0.2, 0) is 16.6 Å². The molecule has 2 aromatic carbocycles. The van der Waals surface area contributed by atoms with Crippen molar-refractivity contribution in [3.05, 3.63) is 93.5 Å². The van der Waals surface area contributed by atoms with Gasteiger partial charge in [-0.2, -0.15) is 0 Å². The lowest BCUT2D eigenvalue weighted by molar-refractivity contribution is 0.302. The molecule has 0 spiro atoms. The van der Waals surface area contributed by atoms with E-state index in [0.717, 1.165) is 11.1 Å². The minimum absolute atomic E-state index is 0.157. The molecule has 2 N–H and O–H groups in total. The van der Waals surface area contributed by atoms with E-state index >= 15 is 0 Å². The third-order valence-electron chi connectivity index (χ3n) is 5.97. The zero-order valence-electron chi connectivity index (χ0n) is 21.7. The zero-order valence-corrected chi connectivity index (χ0v) is 23.3. The quantitative estimate of drug-likeness (QED) is 0.258. The predicted molar refractivity (Wildman–Crippen MR) is 154 cm³/mol. The number of aromatic nitrogens is 2. The molecule has 1 atom stereocenters. The molecular weight excluding hydrogens is 524 g/mol. The molecule has 0 unspecified atom stereocenters. The Kier molecular flexibility index (Phi) is 8.28. The molecule has 8 nitrogen and oxygen atoms in total. The third-order valence-corrected chi connectivity index (χ3v) is 7.50. The average molecular weight is 555 g/mol. The Morgan fingerprint density at radius 1 is 1.08 bits per heavy atom. The number of pyridine rings is 2. The van der Waals surface area contributed by atoms with Crippen LogP contribution in [-0.4, -0.2) is 31.2 Å². The smallest absolute Gasteiger partial charge is 0.253 e. The fourth-order valence-corrected chi connectivity index (χ4v) is 5.49. The Labute approximate surface area is 227 Å². The van der Waals surface area contributed by atoms with Crippen molar-refractivity contribution in [1.82, 2.24) is 9.97 Å². The normalized spacial score (nSPS) is 12.5. The molecule has 200 valence electrons. The summed E-state index contributed by atoms with van der Waals surface area (Å²) in [6.07, 6.45) is 2.89. The number of benzene rings is 2. The fourth-order valence-electron chi connectivity index (χ4n) is 4.15. The van der Waals surface area contributed by atoms with E-state index in [4.69, 9.17) is 16.3 Å². The molecule has 0 bridgehead atoms. The number of nitrogens with zero attached hydrogens (tertiary/aromatic N) is 2. The summed E-state index contributed by atoms with van der Waals surface area (Å²) in [5, 5.41) is 4.40.